The van der Waals surface area contributed by atoms with E-state index in [9.17, 15) is 13.2 Å². The summed E-state index contributed by atoms with van der Waals surface area (Å²) in [5.74, 6) is 0.419. The zero-order valence-electron chi connectivity index (χ0n) is 11.2. The van der Waals surface area contributed by atoms with E-state index in [-0.39, 0.29) is 18.0 Å². The fourth-order valence-electron chi connectivity index (χ4n) is 2.04. The fourth-order valence-corrected chi connectivity index (χ4v) is 5.30. The maximum Gasteiger partial charge on any atom is 0.302 e. The predicted molar refractivity (Wildman–Crippen MR) is 77.8 cm³/mol. The molecule has 5 nitrogen and oxygen atoms in total. The summed E-state index contributed by atoms with van der Waals surface area (Å²) >= 11 is 1.58. The lowest BCUT2D eigenvalue weighted by Crippen LogP contribution is -2.35. The third kappa shape index (κ3) is 3.53. The maximum atomic E-state index is 12.5. The van der Waals surface area contributed by atoms with Gasteiger partial charge in [-0.25, -0.2) is 8.42 Å². The Morgan fingerprint density at radius 3 is 2.75 bits per heavy atom. The molecule has 1 aromatic rings. The van der Waals surface area contributed by atoms with Crippen LogP contribution in [0.25, 0.3) is 0 Å². The zero-order valence-corrected chi connectivity index (χ0v) is 12.8. The Hall–Kier alpha value is -1.05. The van der Waals surface area contributed by atoms with Crippen molar-refractivity contribution in [3.63, 3.8) is 0 Å². The number of thioether (sulfide) groups is 1. The summed E-state index contributed by atoms with van der Waals surface area (Å²) in [6.07, 6.45) is 0.510. The minimum Gasteiger partial charge on any atom is -0.466 e. The number of benzene rings is 1. The maximum absolute atomic E-state index is 12.5. The highest BCUT2D eigenvalue weighted by Crippen LogP contribution is 2.31. The number of carbonyl (C=O) groups excluding carboxylic acids is 1. The molecule has 20 heavy (non-hydrogen) atoms. The van der Waals surface area contributed by atoms with Gasteiger partial charge in [0, 0.05) is 25.6 Å². The molecule has 0 amide bonds. The van der Waals surface area contributed by atoms with Gasteiger partial charge in [0.2, 0.25) is 10.0 Å². The highest BCUT2D eigenvalue weighted by atomic mass is 32.2. The lowest BCUT2D eigenvalue weighted by Gasteiger charge is -2.23. The summed E-state index contributed by atoms with van der Waals surface area (Å²) in [4.78, 5) is 11.1. The van der Waals surface area contributed by atoms with Crippen LogP contribution in [0.4, 0.5) is 0 Å². The van der Waals surface area contributed by atoms with Crippen LogP contribution in [-0.4, -0.2) is 43.0 Å². The number of hydrogen-bond donors (Lipinski definition) is 0. The van der Waals surface area contributed by atoms with Gasteiger partial charge in [-0.15, -0.1) is 11.8 Å². The van der Waals surface area contributed by atoms with E-state index < -0.39 is 10.0 Å². The van der Waals surface area contributed by atoms with E-state index in [0.717, 1.165) is 5.75 Å². The number of ether oxygens (including phenoxy) is 1. The molecule has 1 saturated heterocycles. The lowest BCUT2D eigenvalue weighted by atomic mass is 10.4. The second kappa shape index (κ2) is 6.60. The van der Waals surface area contributed by atoms with Gasteiger partial charge in [-0.1, -0.05) is 18.2 Å². The van der Waals surface area contributed by atoms with Crippen LogP contribution >= 0.6 is 11.8 Å². The van der Waals surface area contributed by atoms with Crippen molar-refractivity contribution in [3.8, 4) is 0 Å². The monoisotopic (exact) mass is 315 g/mol. The number of sulfonamides is 1. The third-order valence-corrected chi connectivity index (χ3v) is 6.31. The molecule has 0 aliphatic carbocycles. The van der Waals surface area contributed by atoms with Crippen molar-refractivity contribution >= 4 is 27.8 Å². The summed E-state index contributed by atoms with van der Waals surface area (Å²) in [5, 5.41) is -0.167. The Labute approximate surface area is 123 Å². The van der Waals surface area contributed by atoms with Crippen LogP contribution in [0, 0.1) is 0 Å². The van der Waals surface area contributed by atoms with Gasteiger partial charge in [-0.05, 0) is 12.1 Å². The standard InChI is InChI=1S/C13H17NO4S2/c1-11(15)18-9-7-13-14(8-10-19-13)20(16,17)12-5-3-2-4-6-12/h2-6,13H,7-10H2,1H3. The molecule has 0 bridgehead atoms. The first-order valence-electron chi connectivity index (χ1n) is 6.33. The van der Waals surface area contributed by atoms with E-state index in [1.165, 1.54) is 11.2 Å². The molecule has 1 aliphatic heterocycles. The minimum absolute atomic E-state index is 0.167. The molecule has 110 valence electrons. The van der Waals surface area contributed by atoms with Crippen LogP contribution in [-0.2, 0) is 19.6 Å². The Balaban J connectivity index is 2.08. The van der Waals surface area contributed by atoms with Crippen LogP contribution in [0.15, 0.2) is 35.2 Å². The van der Waals surface area contributed by atoms with Gasteiger partial charge in [0.25, 0.3) is 0 Å². The van der Waals surface area contributed by atoms with Crippen LogP contribution in [0.1, 0.15) is 13.3 Å². The topological polar surface area (TPSA) is 63.7 Å². The van der Waals surface area contributed by atoms with E-state index in [1.54, 1.807) is 42.1 Å². The molecule has 0 saturated carbocycles. The second-order valence-electron chi connectivity index (χ2n) is 4.38. The van der Waals surface area contributed by atoms with Crippen molar-refractivity contribution < 1.29 is 17.9 Å². The molecule has 0 spiro atoms. The van der Waals surface area contributed by atoms with E-state index in [4.69, 9.17) is 4.74 Å². The van der Waals surface area contributed by atoms with Crippen molar-refractivity contribution in [2.75, 3.05) is 18.9 Å². The highest BCUT2D eigenvalue weighted by Gasteiger charge is 2.35. The van der Waals surface area contributed by atoms with Gasteiger partial charge in [0.05, 0.1) is 16.9 Å². The Bertz CT molecular complexity index is 559. The predicted octanol–water partition coefficient (Wildman–Crippen LogP) is 1.70. The van der Waals surface area contributed by atoms with E-state index in [0.29, 0.717) is 17.9 Å². The average molecular weight is 315 g/mol. The molecule has 2 rings (SSSR count). The van der Waals surface area contributed by atoms with Crippen LogP contribution < -0.4 is 0 Å². The molecular formula is C13H17NO4S2. The molecule has 1 unspecified atom stereocenters. The van der Waals surface area contributed by atoms with E-state index in [1.807, 2.05) is 0 Å². The largest absolute Gasteiger partial charge is 0.466 e. The second-order valence-corrected chi connectivity index (χ2v) is 7.56. The number of carbonyl (C=O) groups is 1. The molecule has 1 fully saturated rings. The fraction of sp³-hybridized carbons (Fsp3) is 0.462. The van der Waals surface area contributed by atoms with Crippen molar-refractivity contribution in [2.45, 2.75) is 23.6 Å². The minimum atomic E-state index is -3.47. The van der Waals surface area contributed by atoms with Gasteiger partial charge in [0.15, 0.2) is 0 Å². The summed E-state index contributed by atoms with van der Waals surface area (Å²) in [5.41, 5.74) is 0. The normalized spacial score (nSPS) is 19.9. The Morgan fingerprint density at radius 2 is 2.10 bits per heavy atom. The first-order valence-corrected chi connectivity index (χ1v) is 8.82. The zero-order chi connectivity index (χ0) is 14.6. The molecule has 0 N–H and O–H groups in total. The van der Waals surface area contributed by atoms with Gasteiger partial charge < -0.3 is 4.74 Å². The summed E-state index contributed by atoms with van der Waals surface area (Å²) in [6, 6.07) is 8.41. The van der Waals surface area contributed by atoms with Crippen LogP contribution in [0.3, 0.4) is 0 Å². The summed E-state index contributed by atoms with van der Waals surface area (Å²) < 4.78 is 31.5. The molecule has 0 aromatic heterocycles. The van der Waals surface area contributed by atoms with Crippen molar-refractivity contribution in [1.29, 1.82) is 0 Å². The highest BCUT2D eigenvalue weighted by molar-refractivity contribution is 8.01. The molecular weight excluding hydrogens is 298 g/mol. The SMILES string of the molecule is CC(=O)OCCC1SCCN1S(=O)(=O)c1ccccc1. The first kappa shape index (κ1) is 15.3. The van der Waals surface area contributed by atoms with Crippen LogP contribution in [0.5, 0.6) is 0 Å². The molecule has 1 heterocycles. The molecule has 7 heteroatoms. The van der Waals surface area contributed by atoms with Crippen molar-refractivity contribution in [2.24, 2.45) is 0 Å². The smallest absolute Gasteiger partial charge is 0.302 e. The lowest BCUT2D eigenvalue weighted by molar-refractivity contribution is -0.141. The van der Waals surface area contributed by atoms with Gasteiger partial charge in [-0.3, -0.25) is 4.79 Å². The quantitative estimate of drug-likeness (QED) is 0.774. The number of esters is 1. The van der Waals surface area contributed by atoms with E-state index in [2.05, 4.69) is 0 Å². The van der Waals surface area contributed by atoms with E-state index >= 15 is 0 Å². The van der Waals surface area contributed by atoms with Crippen molar-refractivity contribution in [1.82, 2.24) is 4.31 Å². The Kier molecular flexibility index (Phi) is 5.06. The average Bonchev–Trinajstić information content (AvgIpc) is 2.88. The third-order valence-electron chi connectivity index (χ3n) is 2.96. The molecule has 1 aromatic carbocycles. The van der Waals surface area contributed by atoms with Gasteiger partial charge in [0.1, 0.15) is 0 Å². The number of nitrogens with zero attached hydrogens (tertiary/aromatic N) is 1. The summed E-state index contributed by atoms with van der Waals surface area (Å²) in [6.45, 7) is 2.08. The first-order chi connectivity index (χ1) is 9.51. The van der Waals surface area contributed by atoms with Crippen molar-refractivity contribution in [3.05, 3.63) is 30.3 Å². The van der Waals surface area contributed by atoms with Crippen LogP contribution in [0.2, 0.25) is 0 Å². The van der Waals surface area contributed by atoms with Gasteiger partial charge in [-0.2, -0.15) is 4.31 Å². The molecule has 0 radical (unpaired) electrons. The summed E-state index contributed by atoms with van der Waals surface area (Å²) in [7, 11) is -3.47. The Morgan fingerprint density at radius 1 is 1.40 bits per heavy atom. The number of hydrogen-bond acceptors (Lipinski definition) is 5. The molecule has 1 aliphatic rings. The number of rotatable bonds is 5. The molecule has 1 atom stereocenters. The van der Waals surface area contributed by atoms with Gasteiger partial charge >= 0.3 is 5.97 Å².